The van der Waals surface area contributed by atoms with Gasteiger partial charge in [0.05, 0.1) is 24.3 Å². The van der Waals surface area contributed by atoms with Crippen LogP contribution in [-0.2, 0) is 25.3 Å². The van der Waals surface area contributed by atoms with Gasteiger partial charge in [0.1, 0.15) is 11.5 Å². The molecule has 0 spiro atoms. The lowest BCUT2D eigenvalue weighted by Crippen LogP contribution is -2.45. The predicted molar refractivity (Wildman–Crippen MR) is 117 cm³/mol. The SMILES string of the molecule is CCOC(=O)c1ccc(Oc2c(C=O)ccc3c2C(O)(C(=O)OCC)CCC3(C)C)cc1. The molecule has 170 valence electrons. The molecule has 1 N–H and O–H groups in total. The summed E-state index contributed by atoms with van der Waals surface area (Å²) in [6.45, 7) is 7.78. The van der Waals surface area contributed by atoms with Gasteiger partial charge < -0.3 is 19.3 Å². The molecule has 0 fully saturated rings. The zero-order valence-corrected chi connectivity index (χ0v) is 18.8. The Kier molecular flexibility index (Phi) is 6.69. The van der Waals surface area contributed by atoms with Gasteiger partial charge in [-0.25, -0.2) is 9.59 Å². The second-order valence-electron chi connectivity index (χ2n) is 8.34. The van der Waals surface area contributed by atoms with E-state index in [0.717, 1.165) is 0 Å². The second-order valence-corrected chi connectivity index (χ2v) is 8.34. The van der Waals surface area contributed by atoms with E-state index in [0.29, 0.717) is 29.6 Å². The molecule has 0 aromatic heterocycles. The average molecular weight is 440 g/mol. The summed E-state index contributed by atoms with van der Waals surface area (Å²) in [5.41, 5.74) is -0.802. The van der Waals surface area contributed by atoms with Crippen molar-refractivity contribution in [2.45, 2.75) is 51.6 Å². The normalized spacial score (nSPS) is 18.9. The van der Waals surface area contributed by atoms with Crippen LogP contribution in [0.4, 0.5) is 0 Å². The van der Waals surface area contributed by atoms with Crippen LogP contribution in [0.3, 0.4) is 0 Å². The fourth-order valence-corrected chi connectivity index (χ4v) is 3.98. The molecule has 7 heteroatoms. The highest BCUT2D eigenvalue weighted by Gasteiger charge is 2.50. The second kappa shape index (κ2) is 9.12. The van der Waals surface area contributed by atoms with Gasteiger partial charge in [0, 0.05) is 5.56 Å². The standard InChI is InChI=1S/C25H28O7/c1-5-30-22(27)16-7-10-18(11-8-16)32-21-17(15-26)9-12-19-20(21)25(29,23(28)31-6-2)14-13-24(19,3)4/h7-12,15,29H,5-6,13-14H2,1-4H3. The highest BCUT2D eigenvalue weighted by molar-refractivity contribution is 5.90. The van der Waals surface area contributed by atoms with Gasteiger partial charge >= 0.3 is 11.9 Å². The van der Waals surface area contributed by atoms with Crippen LogP contribution in [0.25, 0.3) is 0 Å². The molecule has 1 unspecified atom stereocenters. The van der Waals surface area contributed by atoms with Crippen molar-refractivity contribution in [1.29, 1.82) is 0 Å². The summed E-state index contributed by atoms with van der Waals surface area (Å²) in [5.74, 6) is -0.792. The van der Waals surface area contributed by atoms with Crippen LogP contribution in [0, 0.1) is 0 Å². The van der Waals surface area contributed by atoms with E-state index in [2.05, 4.69) is 0 Å². The maximum absolute atomic E-state index is 12.8. The summed E-state index contributed by atoms with van der Waals surface area (Å²) in [5, 5.41) is 11.5. The number of rotatable bonds is 7. The number of hydrogen-bond acceptors (Lipinski definition) is 7. The number of benzene rings is 2. The van der Waals surface area contributed by atoms with Gasteiger partial charge in [0.25, 0.3) is 0 Å². The number of aliphatic hydroxyl groups is 1. The number of carbonyl (C=O) groups excluding carboxylic acids is 3. The first-order valence-corrected chi connectivity index (χ1v) is 10.7. The zero-order chi connectivity index (χ0) is 23.5. The monoisotopic (exact) mass is 440 g/mol. The number of hydrogen-bond donors (Lipinski definition) is 1. The smallest absolute Gasteiger partial charge is 0.342 e. The maximum atomic E-state index is 12.8. The van der Waals surface area contributed by atoms with Gasteiger partial charge in [-0.2, -0.15) is 0 Å². The van der Waals surface area contributed by atoms with Gasteiger partial charge in [0.15, 0.2) is 11.9 Å². The quantitative estimate of drug-likeness (QED) is 0.506. The first kappa shape index (κ1) is 23.5. The third kappa shape index (κ3) is 4.25. The molecule has 0 aliphatic heterocycles. The summed E-state index contributed by atoms with van der Waals surface area (Å²) in [6, 6.07) is 9.59. The number of carbonyl (C=O) groups is 3. The van der Waals surface area contributed by atoms with E-state index in [4.69, 9.17) is 14.2 Å². The van der Waals surface area contributed by atoms with Crippen molar-refractivity contribution in [3.8, 4) is 11.5 Å². The Hall–Kier alpha value is -3.19. The first-order valence-electron chi connectivity index (χ1n) is 10.7. The number of fused-ring (bicyclic) bond motifs is 1. The highest BCUT2D eigenvalue weighted by atomic mass is 16.6. The molecule has 1 aliphatic rings. The van der Waals surface area contributed by atoms with E-state index in [1.54, 1.807) is 50.2 Å². The van der Waals surface area contributed by atoms with Gasteiger partial charge in [-0.15, -0.1) is 0 Å². The molecule has 0 saturated carbocycles. The Labute approximate surface area is 187 Å². The lowest BCUT2D eigenvalue weighted by Gasteiger charge is -2.41. The minimum atomic E-state index is -1.94. The van der Waals surface area contributed by atoms with Crippen molar-refractivity contribution < 1.29 is 33.7 Å². The van der Waals surface area contributed by atoms with E-state index in [1.807, 2.05) is 13.8 Å². The van der Waals surface area contributed by atoms with Gasteiger partial charge in [-0.05, 0) is 68.0 Å². The molecule has 1 aliphatic carbocycles. The Morgan fingerprint density at radius 1 is 1.00 bits per heavy atom. The number of esters is 2. The minimum absolute atomic E-state index is 0.102. The molecule has 7 nitrogen and oxygen atoms in total. The minimum Gasteiger partial charge on any atom is -0.464 e. The lowest BCUT2D eigenvalue weighted by molar-refractivity contribution is -0.168. The summed E-state index contributed by atoms with van der Waals surface area (Å²) >= 11 is 0. The van der Waals surface area contributed by atoms with Crippen LogP contribution in [0.2, 0.25) is 0 Å². The van der Waals surface area contributed by atoms with Crippen molar-refractivity contribution in [3.63, 3.8) is 0 Å². The Balaban J connectivity index is 2.13. The third-order valence-corrected chi connectivity index (χ3v) is 5.77. The van der Waals surface area contributed by atoms with E-state index in [9.17, 15) is 19.5 Å². The third-order valence-electron chi connectivity index (χ3n) is 5.77. The van der Waals surface area contributed by atoms with E-state index in [-0.39, 0.29) is 41.9 Å². The van der Waals surface area contributed by atoms with E-state index >= 15 is 0 Å². The van der Waals surface area contributed by atoms with Crippen LogP contribution in [0.5, 0.6) is 11.5 Å². The molecule has 3 rings (SSSR count). The largest absolute Gasteiger partial charge is 0.464 e. The Morgan fingerprint density at radius 2 is 1.66 bits per heavy atom. The summed E-state index contributed by atoms with van der Waals surface area (Å²) in [7, 11) is 0. The molecule has 0 saturated heterocycles. The number of ether oxygens (including phenoxy) is 3. The molecule has 32 heavy (non-hydrogen) atoms. The average Bonchev–Trinajstić information content (AvgIpc) is 2.77. The van der Waals surface area contributed by atoms with Crippen molar-refractivity contribution in [1.82, 2.24) is 0 Å². The predicted octanol–water partition coefficient (Wildman–Crippen LogP) is 4.29. The molecule has 0 radical (unpaired) electrons. The highest BCUT2D eigenvalue weighted by Crippen LogP contribution is 2.50. The van der Waals surface area contributed by atoms with Crippen LogP contribution in [-0.4, -0.2) is 36.5 Å². The molecular weight excluding hydrogens is 412 g/mol. The zero-order valence-electron chi connectivity index (χ0n) is 18.8. The fourth-order valence-electron chi connectivity index (χ4n) is 3.98. The molecule has 0 heterocycles. The van der Waals surface area contributed by atoms with Crippen molar-refractivity contribution >= 4 is 18.2 Å². The summed E-state index contributed by atoms with van der Waals surface area (Å²) < 4.78 is 16.2. The first-order chi connectivity index (χ1) is 15.2. The van der Waals surface area contributed by atoms with E-state index < -0.39 is 17.5 Å². The van der Waals surface area contributed by atoms with Crippen LogP contribution in [0.1, 0.15) is 72.4 Å². The van der Waals surface area contributed by atoms with Crippen LogP contribution >= 0.6 is 0 Å². The van der Waals surface area contributed by atoms with Gasteiger partial charge in [-0.1, -0.05) is 19.9 Å². The van der Waals surface area contributed by atoms with Crippen molar-refractivity contribution in [2.24, 2.45) is 0 Å². The fraction of sp³-hybridized carbons (Fsp3) is 0.400. The molecular formula is C25H28O7. The molecule has 2 aromatic rings. The van der Waals surface area contributed by atoms with Crippen molar-refractivity contribution in [2.75, 3.05) is 13.2 Å². The Morgan fingerprint density at radius 3 is 2.25 bits per heavy atom. The molecule has 2 aromatic carbocycles. The van der Waals surface area contributed by atoms with Crippen LogP contribution < -0.4 is 4.74 Å². The Bertz CT molecular complexity index is 1020. The molecule has 0 bridgehead atoms. The molecule has 1 atom stereocenters. The van der Waals surface area contributed by atoms with Crippen molar-refractivity contribution in [3.05, 3.63) is 58.7 Å². The van der Waals surface area contributed by atoms with E-state index in [1.165, 1.54) is 0 Å². The molecule has 0 amide bonds. The summed E-state index contributed by atoms with van der Waals surface area (Å²) in [6.07, 6.45) is 1.30. The van der Waals surface area contributed by atoms with Crippen LogP contribution in [0.15, 0.2) is 36.4 Å². The van der Waals surface area contributed by atoms with Gasteiger partial charge in [-0.3, -0.25) is 4.79 Å². The maximum Gasteiger partial charge on any atom is 0.342 e. The topological polar surface area (TPSA) is 99.1 Å². The van der Waals surface area contributed by atoms with Gasteiger partial charge in [0.2, 0.25) is 0 Å². The lowest BCUT2D eigenvalue weighted by atomic mass is 9.66. The summed E-state index contributed by atoms with van der Waals surface area (Å²) in [4.78, 5) is 36.6. The number of aldehydes is 1.